The predicted molar refractivity (Wildman–Crippen MR) is 111 cm³/mol. The zero-order chi connectivity index (χ0) is 19.2. The molecule has 2 aromatic heterocycles. The number of thiazole rings is 1. The third-order valence-electron chi connectivity index (χ3n) is 4.19. The topological polar surface area (TPSA) is 71.7 Å². The van der Waals surface area contributed by atoms with E-state index >= 15 is 0 Å². The molecule has 0 bridgehead atoms. The lowest BCUT2D eigenvalue weighted by molar-refractivity contribution is 0.336. The third kappa shape index (κ3) is 4.60. The van der Waals surface area contributed by atoms with E-state index in [1.165, 1.54) is 4.88 Å². The number of nitrogens with zero attached hydrogens (tertiary/aromatic N) is 2. The number of benzene rings is 1. The largest absolute Gasteiger partial charge is 0.490 e. The summed E-state index contributed by atoms with van der Waals surface area (Å²) in [6.45, 7) is 7.40. The SMILES string of the molecule is CCOc1cccc2cc(C(C)NC(=NC)NCc3ncc(CC)s3)oc12. The summed E-state index contributed by atoms with van der Waals surface area (Å²) in [5.74, 6) is 2.32. The number of rotatable bonds is 7. The minimum atomic E-state index is -0.0411. The Hall–Kier alpha value is -2.54. The number of aromatic nitrogens is 1. The van der Waals surface area contributed by atoms with Crippen molar-refractivity contribution in [3.63, 3.8) is 0 Å². The molecule has 7 heteroatoms. The molecule has 0 saturated carbocycles. The lowest BCUT2D eigenvalue weighted by Crippen LogP contribution is -2.38. The lowest BCUT2D eigenvalue weighted by Gasteiger charge is -2.15. The van der Waals surface area contributed by atoms with Gasteiger partial charge >= 0.3 is 0 Å². The van der Waals surface area contributed by atoms with E-state index in [0.29, 0.717) is 19.1 Å². The van der Waals surface area contributed by atoms with Crippen molar-refractivity contribution >= 4 is 28.3 Å². The number of fused-ring (bicyclic) bond motifs is 1. The van der Waals surface area contributed by atoms with Crippen molar-refractivity contribution in [1.82, 2.24) is 15.6 Å². The van der Waals surface area contributed by atoms with Crippen molar-refractivity contribution < 1.29 is 9.15 Å². The lowest BCUT2D eigenvalue weighted by atomic mass is 10.2. The van der Waals surface area contributed by atoms with Gasteiger partial charge in [-0.15, -0.1) is 11.3 Å². The summed E-state index contributed by atoms with van der Waals surface area (Å²) in [5.41, 5.74) is 0.779. The van der Waals surface area contributed by atoms with Crippen LogP contribution in [-0.4, -0.2) is 24.6 Å². The number of furan rings is 1. The summed E-state index contributed by atoms with van der Waals surface area (Å²) in [6.07, 6.45) is 2.95. The quantitative estimate of drug-likeness (QED) is 0.468. The van der Waals surface area contributed by atoms with Gasteiger partial charge in [-0.3, -0.25) is 4.99 Å². The van der Waals surface area contributed by atoms with Gasteiger partial charge in [-0.25, -0.2) is 4.98 Å². The first-order valence-corrected chi connectivity index (χ1v) is 10.0. The average molecular weight is 387 g/mol. The van der Waals surface area contributed by atoms with Crippen LogP contribution in [0.5, 0.6) is 5.75 Å². The summed E-state index contributed by atoms with van der Waals surface area (Å²) in [5, 5.41) is 8.76. The molecule has 2 N–H and O–H groups in total. The number of hydrogen-bond donors (Lipinski definition) is 2. The summed E-state index contributed by atoms with van der Waals surface area (Å²) in [6, 6.07) is 7.93. The summed E-state index contributed by atoms with van der Waals surface area (Å²) >= 11 is 1.72. The number of ether oxygens (including phenoxy) is 1. The molecule has 27 heavy (non-hydrogen) atoms. The van der Waals surface area contributed by atoms with Crippen LogP contribution in [0.1, 0.15) is 42.5 Å². The van der Waals surface area contributed by atoms with E-state index in [2.05, 4.69) is 27.5 Å². The number of para-hydroxylation sites is 1. The first-order valence-electron chi connectivity index (χ1n) is 9.20. The molecule has 0 radical (unpaired) electrons. The van der Waals surface area contributed by atoms with Gasteiger partial charge in [0.05, 0.1) is 19.2 Å². The molecule has 0 aliphatic heterocycles. The van der Waals surface area contributed by atoms with E-state index in [4.69, 9.17) is 9.15 Å². The van der Waals surface area contributed by atoms with E-state index in [1.807, 2.05) is 44.3 Å². The highest BCUT2D eigenvalue weighted by Crippen LogP contribution is 2.31. The van der Waals surface area contributed by atoms with Gasteiger partial charge in [0.25, 0.3) is 0 Å². The molecule has 0 amide bonds. The second-order valence-corrected chi connectivity index (χ2v) is 7.32. The van der Waals surface area contributed by atoms with E-state index in [0.717, 1.165) is 33.9 Å². The van der Waals surface area contributed by atoms with Crippen LogP contribution in [0.4, 0.5) is 0 Å². The Bertz CT molecular complexity index is 916. The molecule has 0 aliphatic rings. The molecule has 0 spiro atoms. The second kappa shape index (κ2) is 8.90. The van der Waals surface area contributed by atoms with Gasteiger partial charge < -0.3 is 19.8 Å². The second-order valence-electron chi connectivity index (χ2n) is 6.12. The van der Waals surface area contributed by atoms with E-state index in [9.17, 15) is 0 Å². The Morgan fingerprint density at radius 1 is 1.37 bits per heavy atom. The first-order chi connectivity index (χ1) is 13.1. The van der Waals surface area contributed by atoms with Crippen molar-refractivity contribution in [1.29, 1.82) is 0 Å². The highest BCUT2D eigenvalue weighted by molar-refractivity contribution is 7.11. The molecule has 3 rings (SSSR count). The summed E-state index contributed by atoms with van der Waals surface area (Å²) in [4.78, 5) is 10.0. The molecule has 3 aromatic rings. The Kier molecular flexibility index (Phi) is 6.34. The Morgan fingerprint density at radius 2 is 2.22 bits per heavy atom. The first kappa shape index (κ1) is 19.2. The molecule has 6 nitrogen and oxygen atoms in total. The Labute approximate surface area is 163 Å². The molecule has 0 saturated heterocycles. The van der Waals surface area contributed by atoms with Crippen molar-refractivity contribution in [2.75, 3.05) is 13.7 Å². The minimum Gasteiger partial charge on any atom is -0.490 e. The van der Waals surface area contributed by atoms with Crippen molar-refractivity contribution in [2.45, 2.75) is 39.8 Å². The maximum absolute atomic E-state index is 6.06. The van der Waals surface area contributed by atoms with Crippen LogP contribution < -0.4 is 15.4 Å². The Morgan fingerprint density at radius 3 is 2.93 bits per heavy atom. The maximum atomic E-state index is 6.06. The molecule has 0 fully saturated rings. The fourth-order valence-corrected chi connectivity index (χ4v) is 3.56. The van der Waals surface area contributed by atoms with Crippen molar-refractivity contribution in [2.24, 2.45) is 4.99 Å². The molecule has 1 aromatic carbocycles. The molecular formula is C20H26N4O2S. The van der Waals surface area contributed by atoms with Crippen LogP contribution in [-0.2, 0) is 13.0 Å². The van der Waals surface area contributed by atoms with E-state index < -0.39 is 0 Å². The standard InChI is InChI=1S/C20H26N4O2S/c1-5-15-11-22-18(27-15)12-23-20(21-4)24-13(3)17-10-14-8-7-9-16(25-6-2)19(14)26-17/h7-11,13H,5-6,12H2,1-4H3,(H2,21,23,24). The smallest absolute Gasteiger partial charge is 0.191 e. The fourth-order valence-electron chi connectivity index (χ4n) is 2.76. The number of guanidine groups is 1. The summed E-state index contributed by atoms with van der Waals surface area (Å²) in [7, 11) is 1.76. The number of aryl methyl sites for hydroxylation is 1. The van der Waals surface area contributed by atoms with Gasteiger partial charge in [0.1, 0.15) is 10.8 Å². The maximum Gasteiger partial charge on any atom is 0.191 e. The number of hydrogen-bond acceptors (Lipinski definition) is 5. The van der Waals surface area contributed by atoms with Crippen LogP contribution in [0.2, 0.25) is 0 Å². The van der Waals surface area contributed by atoms with E-state index in [-0.39, 0.29) is 6.04 Å². The van der Waals surface area contributed by atoms with Crippen LogP contribution in [0.15, 0.2) is 39.9 Å². The predicted octanol–water partition coefficient (Wildman–Crippen LogP) is 4.28. The molecular weight excluding hydrogens is 360 g/mol. The van der Waals surface area contributed by atoms with Crippen LogP contribution >= 0.6 is 11.3 Å². The monoisotopic (exact) mass is 386 g/mol. The van der Waals surface area contributed by atoms with Gasteiger partial charge in [-0.1, -0.05) is 19.1 Å². The number of nitrogens with one attached hydrogen (secondary N) is 2. The summed E-state index contributed by atoms with van der Waals surface area (Å²) < 4.78 is 11.7. The van der Waals surface area contributed by atoms with Gasteiger partial charge in [0.15, 0.2) is 17.3 Å². The molecule has 144 valence electrons. The third-order valence-corrected chi connectivity index (χ3v) is 5.33. The minimum absolute atomic E-state index is 0.0411. The highest BCUT2D eigenvalue weighted by Gasteiger charge is 2.15. The zero-order valence-electron chi connectivity index (χ0n) is 16.2. The van der Waals surface area contributed by atoms with Gasteiger partial charge in [-0.05, 0) is 32.4 Å². The van der Waals surface area contributed by atoms with Gasteiger partial charge in [-0.2, -0.15) is 0 Å². The highest BCUT2D eigenvalue weighted by atomic mass is 32.1. The molecule has 0 aliphatic carbocycles. The van der Waals surface area contributed by atoms with Crippen LogP contribution in [0.3, 0.4) is 0 Å². The van der Waals surface area contributed by atoms with Crippen molar-refractivity contribution in [3.05, 3.63) is 46.1 Å². The molecule has 2 heterocycles. The van der Waals surface area contributed by atoms with Gasteiger partial charge in [0, 0.05) is 23.5 Å². The molecule has 1 atom stereocenters. The zero-order valence-corrected chi connectivity index (χ0v) is 17.0. The van der Waals surface area contributed by atoms with Crippen LogP contribution in [0.25, 0.3) is 11.0 Å². The Balaban J connectivity index is 1.66. The van der Waals surface area contributed by atoms with Crippen molar-refractivity contribution in [3.8, 4) is 5.75 Å². The fraction of sp³-hybridized carbons (Fsp3) is 0.400. The van der Waals surface area contributed by atoms with E-state index in [1.54, 1.807) is 18.4 Å². The van der Waals surface area contributed by atoms with Crippen LogP contribution in [0, 0.1) is 0 Å². The normalized spacial score (nSPS) is 13.0. The molecule has 1 unspecified atom stereocenters. The van der Waals surface area contributed by atoms with Gasteiger partial charge in [0.2, 0.25) is 0 Å². The number of aliphatic imine (C=N–C) groups is 1. The average Bonchev–Trinajstić information content (AvgIpc) is 3.32.